The molecule has 0 aliphatic carbocycles. The SMILES string of the molecule is CCCOc1cccc(NCc2cnn(C)c2C)c1. The zero-order chi connectivity index (χ0) is 13.7. The van der Waals surface area contributed by atoms with Crippen LogP contribution < -0.4 is 10.1 Å². The average Bonchev–Trinajstić information content (AvgIpc) is 2.75. The van der Waals surface area contributed by atoms with Gasteiger partial charge in [-0.2, -0.15) is 5.10 Å². The van der Waals surface area contributed by atoms with Crippen LogP contribution in [0.2, 0.25) is 0 Å². The van der Waals surface area contributed by atoms with E-state index < -0.39 is 0 Å². The van der Waals surface area contributed by atoms with Crippen molar-refractivity contribution in [1.82, 2.24) is 9.78 Å². The van der Waals surface area contributed by atoms with E-state index in [-0.39, 0.29) is 0 Å². The normalized spacial score (nSPS) is 10.5. The lowest BCUT2D eigenvalue weighted by atomic mass is 10.2. The quantitative estimate of drug-likeness (QED) is 0.866. The maximum Gasteiger partial charge on any atom is 0.121 e. The Kier molecular flexibility index (Phi) is 4.44. The first-order chi connectivity index (χ1) is 9.20. The lowest BCUT2D eigenvalue weighted by molar-refractivity contribution is 0.317. The Morgan fingerprint density at radius 3 is 2.89 bits per heavy atom. The number of rotatable bonds is 6. The van der Waals surface area contributed by atoms with Crippen LogP contribution >= 0.6 is 0 Å². The topological polar surface area (TPSA) is 39.1 Å². The highest BCUT2D eigenvalue weighted by Crippen LogP contribution is 2.18. The number of aromatic nitrogens is 2. The molecule has 2 rings (SSSR count). The first kappa shape index (κ1) is 13.5. The second kappa shape index (κ2) is 6.27. The van der Waals surface area contributed by atoms with Crippen molar-refractivity contribution in [2.75, 3.05) is 11.9 Å². The molecule has 1 heterocycles. The molecule has 1 aromatic carbocycles. The zero-order valence-corrected chi connectivity index (χ0v) is 11.8. The van der Waals surface area contributed by atoms with Crippen molar-refractivity contribution < 1.29 is 4.74 Å². The molecule has 1 N–H and O–H groups in total. The van der Waals surface area contributed by atoms with E-state index in [4.69, 9.17) is 4.74 Å². The molecule has 0 saturated carbocycles. The number of ether oxygens (including phenoxy) is 1. The molecule has 0 radical (unpaired) electrons. The fourth-order valence-corrected chi connectivity index (χ4v) is 1.83. The summed E-state index contributed by atoms with van der Waals surface area (Å²) in [5.41, 5.74) is 3.46. The van der Waals surface area contributed by atoms with Gasteiger partial charge < -0.3 is 10.1 Å². The van der Waals surface area contributed by atoms with Gasteiger partial charge in [-0.1, -0.05) is 13.0 Å². The van der Waals surface area contributed by atoms with E-state index in [1.165, 1.54) is 11.3 Å². The molecule has 2 aromatic rings. The third-order valence-corrected chi connectivity index (χ3v) is 3.13. The number of aryl methyl sites for hydroxylation is 1. The monoisotopic (exact) mass is 259 g/mol. The molecule has 0 aliphatic rings. The summed E-state index contributed by atoms with van der Waals surface area (Å²) in [5.74, 6) is 0.912. The maximum atomic E-state index is 5.62. The lowest BCUT2D eigenvalue weighted by Crippen LogP contribution is -2.02. The van der Waals surface area contributed by atoms with Crippen LogP contribution in [0.5, 0.6) is 5.75 Å². The van der Waals surface area contributed by atoms with Crippen molar-refractivity contribution in [2.45, 2.75) is 26.8 Å². The minimum atomic E-state index is 0.755. The Hall–Kier alpha value is -1.97. The highest BCUT2D eigenvalue weighted by molar-refractivity contribution is 5.48. The summed E-state index contributed by atoms with van der Waals surface area (Å²) in [5, 5.41) is 7.64. The molecule has 0 bridgehead atoms. The lowest BCUT2D eigenvalue weighted by Gasteiger charge is -2.09. The largest absolute Gasteiger partial charge is 0.494 e. The molecule has 0 atom stereocenters. The fraction of sp³-hybridized carbons (Fsp3) is 0.400. The van der Waals surface area contributed by atoms with E-state index in [0.29, 0.717) is 0 Å². The highest BCUT2D eigenvalue weighted by Gasteiger charge is 2.03. The number of hydrogen-bond donors (Lipinski definition) is 1. The average molecular weight is 259 g/mol. The van der Waals surface area contributed by atoms with E-state index in [2.05, 4.69) is 24.3 Å². The van der Waals surface area contributed by atoms with Crippen molar-refractivity contribution in [3.63, 3.8) is 0 Å². The van der Waals surface area contributed by atoms with Gasteiger partial charge in [-0.15, -0.1) is 0 Å². The van der Waals surface area contributed by atoms with E-state index in [1.54, 1.807) is 0 Å². The van der Waals surface area contributed by atoms with Gasteiger partial charge in [-0.25, -0.2) is 0 Å². The van der Waals surface area contributed by atoms with E-state index in [9.17, 15) is 0 Å². The summed E-state index contributed by atoms with van der Waals surface area (Å²) in [6, 6.07) is 8.06. The van der Waals surface area contributed by atoms with E-state index in [0.717, 1.165) is 31.0 Å². The standard InChI is InChI=1S/C15H21N3O/c1-4-8-19-15-7-5-6-14(9-15)16-10-13-11-17-18(3)12(13)2/h5-7,9,11,16H,4,8,10H2,1-3H3. The Labute approximate surface area is 114 Å². The minimum Gasteiger partial charge on any atom is -0.494 e. The van der Waals surface area contributed by atoms with Gasteiger partial charge in [0.1, 0.15) is 5.75 Å². The van der Waals surface area contributed by atoms with Gasteiger partial charge in [0, 0.05) is 36.6 Å². The van der Waals surface area contributed by atoms with Crippen molar-refractivity contribution in [1.29, 1.82) is 0 Å². The number of nitrogens with zero attached hydrogens (tertiary/aromatic N) is 2. The molecular formula is C15H21N3O. The first-order valence-electron chi connectivity index (χ1n) is 6.65. The minimum absolute atomic E-state index is 0.755. The van der Waals surface area contributed by atoms with E-state index >= 15 is 0 Å². The number of hydrogen-bond acceptors (Lipinski definition) is 3. The van der Waals surface area contributed by atoms with Gasteiger partial charge in [-0.3, -0.25) is 4.68 Å². The molecule has 1 aromatic heterocycles. The zero-order valence-electron chi connectivity index (χ0n) is 11.8. The third-order valence-electron chi connectivity index (χ3n) is 3.13. The van der Waals surface area contributed by atoms with Crippen LogP contribution in [0.25, 0.3) is 0 Å². The molecule has 102 valence electrons. The molecule has 4 heteroatoms. The van der Waals surface area contributed by atoms with Crippen LogP contribution in [0, 0.1) is 6.92 Å². The Morgan fingerprint density at radius 2 is 2.21 bits per heavy atom. The highest BCUT2D eigenvalue weighted by atomic mass is 16.5. The molecule has 0 saturated heterocycles. The van der Waals surface area contributed by atoms with Gasteiger partial charge in [0.2, 0.25) is 0 Å². The van der Waals surface area contributed by atoms with Crippen LogP contribution in [0.15, 0.2) is 30.5 Å². The molecular weight excluding hydrogens is 238 g/mol. The predicted octanol–water partition coefficient (Wildman–Crippen LogP) is 3.13. The molecule has 19 heavy (non-hydrogen) atoms. The van der Waals surface area contributed by atoms with Gasteiger partial charge in [-0.05, 0) is 25.5 Å². The number of anilines is 1. The summed E-state index contributed by atoms with van der Waals surface area (Å²) in [7, 11) is 1.96. The summed E-state index contributed by atoms with van der Waals surface area (Å²) in [6.07, 6.45) is 2.92. The Bertz CT molecular complexity index is 534. The van der Waals surface area contributed by atoms with Crippen molar-refractivity contribution in [3.8, 4) is 5.75 Å². The summed E-state index contributed by atoms with van der Waals surface area (Å²) in [4.78, 5) is 0. The van der Waals surface area contributed by atoms with Gasteiger partial charge in [0.15, 0.2) is 0 Å². The fourth-order valence-electron chi connectivity index (χ4n) is 1.83. The third kappa shape index (κ3) is 3.50. The second-order valence-electron chi connectivity index (χ2n) is 4.61. The van der Waals surface area contributed by atoms with Crippen molar-refractivity contribution >= 4 is 5.69 Å². The smallest absolute Gasteiger partial charge is 0.121 e. The number of nitrogens with one attached hydrogen (secondary N) is 1. The molecule has 0 amide bonds. The second-order valence-corrected chi connectivity index (χ2v) is 4.61. The molecule has 0 aliphatic heterocycles. The summed E-state index contributed by atoms with van der Waals surface area (Å²) in [6.45, 7) is 5.71. The molecule has 0 unspecified atom stereocenters. The summed E-state index contributed by atoms with van der Waals surface area (Å²) >= 11 is 0. The van der Waals surface area contributed by atoms with Crippen LogP contribution in [-0.4, -0.2) is 16.4 Å². The van der Waals surface area contributed by atoms with Gasteiger partial charge in [0.05, 0.1) is 12.8 Å². The molecule has 0 fully saturated rings. The van der Waals surface area contributed by atoms with Gasteiger partial charge in [0.25, 0.3) is 0 Å². The molecule has 0 spiro atoms. The predicted molar refractivity (Wildman–Crippen MR) is 77.5 cm³/mol. The van der Waals surface area contributed by atoms with Crippen LogP contribution in [0.3, 0.4) is 0 Å². The first-order valence-corrected chi connectivity index (χ1v) is 6.65. The molecule has 4 nitrogen and oxygen atoms in total. The van der Waals surface area contributed by atoms with Crippen LogP contribution in [0.1, 0.15) is 24.6 Å². The van der Waals surface area contributed by atoms with Crippen molar-refractivity contribution in [2.24, 2.45) is 7.05 Å². The summed E-state index contributed by atoms with van der Waals surface area (Å²) < 4.78 is 7.51. The van der Waals surface area contributed by atoms with E-state index in [1.807, 2.05) is 42.2 Å². The number of benzene rings is 1. The maximum absolute atomic E-state index is 5.62. The Morgan fingerprint density at radius 1 is 1.37 bits per heavy atom. The van der Waals surface area contributed by atoms with Gasteiger partial charge >= 0.3 is 0 Å². The van der Waals surface area contributed by atoms with Crippen LogP contribution in [0.4, 0.5) is 5.69 Å². The van der Waals surface area contributed by atoms with Crippen molar-refractivity contribution in [3.05, 3.63) is 41.7 Å². The Balaban J connectivity index is 1.97. The van der Waals surface area contributed by atoms with Crippen LogP contribution in [-0.2, 0) is 13.6 Å².